The lowest BCUT2D eigenvalue weighted by Crippen LogP contribution is -2.53. The van der Waals surface area contributed by atoms with Gasteiger partial charge in [-0.05, 0) is 68.6 Å². The van der Waals surface area contributed by atoms with Gasteiger partial charge in [0.1, 0.15) is 16.0 Å². The predicted octanol–water partition coefficient (Wildman–Crippen LogP) is 4.10. The Balaban J connectivity index is 2.25. The van der Waals surface area contributed by atoms with Crippen LogP contribution in [0.1, 0.15) is 46.2 Å². The van der Waals surface area contributed by atoms with Gasteiger partial charge in [-0.1, -0.05) is 0 Å². The molecule has 27 heavy (non-hydrogen) atoms. The fourth-order valence-electron chi connectivity index (χ4n) is 3.46. The number of esters is 1. The van der Waals surface area contributed by atoms with Gasteiger partial charge in [-0.3, -0.25) is 4.79 Å². The Morgan fingerprint density at radius 1 is 1.41 bits per heavy atom. The number of likely N-dealkylation sites (tertiary alicyclic amines) is 1. The number of hydrogen-bond donors (Lipinski definition) is 0. The van der Waals surface area contributed by atoms with Gasteiger partial charge >= 0.3 is 12.1 Å². The lowest BCUT2D eigenvalue weighted by Gasteiger charge is -2.43. The summed E-state index contributed by atoms with van der Waals surface area (Å²) in [7, 11) is 1.32. The molecule has 2 atom stereocenters. The highest BCUT2D eigenvalue weighted by atomic mass is 79.9. The minimum absolute atomic E-state index is 0.109. The molecule has 1 fully saturated rings. The zero-order valence-corrected chi connectivity index (χ0v) is 17.9. The minimum atomic E-state index is -0.943. The number of methoxy groups -OCH3 is 1. The van der Waals surface area contributed by atoms with Crippen LogP contribution in [0.4, 0.5) is 9.18 Å². The van der Waals surface area contributed by atoms with E-state index < -0.39 is 28.9 Å². The topological polar surface area (TPSA) is 68.7 Å². The summed E-state index contributed by atoms with van der Waals surface area (Å²) >= 11 is 3.24. The number of carbonyl (C=O) groups is 2. The normalized spacial score (nSPS) is 23.1. The number of piperidine rings is 1. The van der Waals surface area contributed by atoms with Crippen molar-refractivity contribution < 1.29 is 23.5 Å². The molecule has 6 nitrogen and oxygen atoms in total. The van der Waals surface area contributed by atoms with Crippen molar-refractivity contribution >= 4 is 28.0 Å². The van der Waals surface area contributed by atoms with Crippen LogP contribution in [0.2, 0.25) is 0 Å². The molecule has 1 aliphatic rings. The summed E-state index contributed by atoms with van der Waals surface area (Å²) < 4.78 is 25.2. The molecular formula is C19H26BrFN2O4. The van der Waals surface area contributed by atoms with E-state index in [1.165, 1.54) is 19.2 Å². The average Bonchev–Trinajstić information content (AvgIpc) is 2.55. The van der Waals surface area contributed by atoms with E-state index in [-0.39, 0.29) is 18.2 Å². The van der Waals surface area contributed by atoms with Gasteiger partial charge in [0.15, 0.2) is 0 Å². The molecule has 150 valence electrons. The fraction of sp³-hybridized carbons (Fsp3) is 0.632. The molecule has 0 radical (unpaired) electrons. The maximum absolute atomic E-state index is 14.2. The Bertz CT molecular complexity index is 722. The molecule has 0 bridgehead atoms. The van der Waals surface area contributed by atoms with Crippen LogP contribution in [-0.2, 0) is 20.7 Å². The van der Waals surface area contributed by atoms with Crippen LogP contribution in [0.25, 0.3) is 0 Å². The summed E-state index contributed by atoms with van der Waals surface area (Å²) in [5.41, 5.74) is -1.34. The first-order valence-corrected chi connectivity index (χ1v) is 9.66. The average molecular weight is 445 g/mol. The van der Waals surface area contributed by atoms with Crippen LogP contribution in [0.3, 0.4) is 0 Å². The van der Waals surface area contributed by atoms with Gasteiger partial charge in [-0.15, -0.1) is 0 Å². The summed E-state index contributed by atoms with van der Waals surface area (Å²) in [4.78, 5) is 30.9. The first kappa shape index (κ1) is 21.6. The molecule has 0 saturated carbocycles. The van der Waals surface area contributed by atoms with Crippen molar-refractivity contribution in [1.82, 2.24) is 9.88 Å². The highest BCUT2D eigenvalue weighted by Crippen LogP contribution is 2.40. The van der Waals surface area contributed by atoms with Crippen LogP contribution >= 0.6 is 15.9 Å². The third-order valence-corrected chi connectivity index (χ3v) is 5.13. The largest absolute Gasteiger partial charge is 0.469 e. The Hall–Kier alpha value is -1.70. The molecule has 1 aliphatic heterocycles. The number of halogens is 2. The Morgan fingerprint density at radius 3 is 2.63 bits per heavy atom. The van der Waals surface area contributed by atoms with Gasteiger partial charge in [0.25, 0.3) is 0 Å². The number of amides is 1. The maximum Gasteiger partial charge on any atom is 0.410 e. The lowest BCUT2D eigenvalue weighted by atomic mass is 9.72. The molecule has 0 N–H and O–H groups in total. The molecule has 0 aliphatic carbocycles. The van der Waals surface area contributed by atoms with E-state index in [1.807, 2.05) is 6.92 Å². The number of hydrogen-bond acceptors (Lipinski definition) is 5. The second kappa shape index (κ2) is 8.12. The van der Waals surface area contributed by atoms with Gasteiger partial charge in [-0.2, -0.15) is 0 Å². The van der Waals surface area contributed by atoms with Crippen molar-refractivity contribution in [2.24, 2.45) is 5.41 Å². The zero-order chi connectivity index (χ0) is 20.4. The van der Waals surface area contributed by atoms with Gasteiger partial charge in [-0.25, -0.2) is 14.2 Å². The molecule has 1 amide bonds. The van der Waals surface area contributed by atoms with Crippen molar-refractivity contribution in [3.05, 3.63) is 28.2 Å². The molecule has 2 rings (SSSR count). The maximum atomic E-state index is 14.2. The van der Waals surface area contributed by atoms with E-state index in [2.05, 4.69) is 20.9 Å². The molecule has 8 heteroatoms. The van der Waals surface area contributed by atoms with E-state index in [0.29, 0.717) is 24.0 Å². The Labute approximate surface area is 167 Å². The number of carbonyl (C=O) groups excluding carboxylic acids is 2. The lowest BCUT2D eigenvalue weighted by molar-refractivity contribution is -0.157. The molecule has 0 spiro atoms. The summed E-state index contributed by atoms with van der Waals surface area (Å²) in [6, 6.07) is 2.57. The standard InChI is InChI=1S/C19H26BrFN2O4/c1-12-10-19(16(24)26-5,11-14-13(21)6-7-15(20)22-14)8-9-23(12)17(25)27-18(2,3)4/h6-7,12H,8-11H2,1-5H3/t12-,19-/m1/s1. The van der Waals surface area contributed by atoms with E-state index in [4.69, 9.17) is 9.47 Å². The van der Waals surface area contributed by atoms with Crippen LogP contribution in [0.15, 0.2) is 16.7 Å². The number of rotatable bonds is 3. The first-order valence-electron chi connectivity index (χ1n) is 8.86. The molecule has 0 unspecified atom stereocenters. The van der Waals surface area contributed by atoms with Crippen LogP contribution < -0.4 is 0 Å². The summed E-state index contributed by atoms with van der Waals surface area (Å²) in [6.07, 6.45) is 0.376. The molecule has 1 aromatic rings. The molecular weight excluding hydrogens is 419 g/mol. The van der Waals surface area contributed by atoms with Gasteiger partial charge in [0.2, 0.25) is 0 Å². The van der Waals surface area contributed by atoms with Crippen molar-refractivity contribution in [2.45, 2.75) is 58.6 Å². The number of pyridine rings is 1. The van der Waals surface area contributed by atoms with Crippen LogP contribution in [0, 0.1) is 11.2 Å². The summed E-state index contributed by atoms with van der Waals surface area (Å²) in [6.45, 7) is 7.59. The summed E-state index contributed by atoms with van der Waals surface area (Å²) in [5.74, 6) is -0.886. The second-order valence-corrected chi connectivity index (χ2v) is 8.80. The van der Waals surface area contributed by atoms with Crippen LogP contribution in [-0.4, -0.2) is 47.2 Å². The third-order valence-electron chi connectivity index (χ3n) is 4.69. The third kappa shape index (κ3) is 5.18. The number of nitrogens with zero attached hydrogens (tertiary/aromatic N) is 2. The minimum Gasteiger partial charge on any atom is -0.469 e. The van der Waals surface area contributed by atoms with Crippen molar-refractivity contribution in [2.75, 3.05) is 13.7 Å². The Morgan fingerprint density at radius 2 is 2.07 bits per heavy atom. The molecule has 2 heterocycles. The van der Waals surface area contributed by atoms with Crippen molar-refractivity contribution in [3.63, 3.8) is 0 Å². The highest BCUT2D eigenvalue weighted by molar-refractivity contribution is 9.10. The van der Waals surface area contributed by atoms with Crippen molar-refractivity contribution in [1.29, 1.82) is 0 Å². The van der Waals surface area contributed by atoms with Gasteiger partial charge in [0.05, 0.1) is 18.2 Å². The SMILES string of the molecule is COC(=O)[C@]1(Cc2nc(Br)ccc2F)CCN(C(=O)OC(C)(C)C)[C@H](C)C1. The highest BCUT2D eigenvalue weighted by Gasteiger charge is 2.47. The quantitative estimate of drug-likeness (QED) is 0.518. The molecule has 0 aromatic carbocycles. The molecule has 1 saturated heterocycles. The van der Waals surface area contributed by atoms with E-state index in [0.717, 1.165) is 0 Å². The smallest absolute Gasteiger partial charge is 0.410 e. The number of ether oxygens (including phenoxy) is 2. The Kier molecular flexibility index (Phi) is 6.50. The zero-order valence-electron chi connectivity index (χ0n) is 16.3. The summed E-state index contributed by atoms with van der Waals surface area (Å²) in [5, 5.41) is 0. The van der Waals surface area contributed by atoms with E-state index >= 15 is 0 Å². The van der Waals surface area contributed by atoms with Gasteiger partial charge in [0, 0.05) is 19.0 Å². The second-order valence-electron chi connectivity index (χ2n) is 7.99. The monoisotopic (exact) mass is 444 g/mol. The van der Waals surface area contributed by atoms with Crippen molar-refractivity contribution in [3.8, 4) is 0 Å². The van der Waals surface area contributed by atoms with E-state index in [1.54, 1.807) is 25.7 Å². The van der Waals surface area contributed by atoms with E-state index in [9.17, 15) is 14.0 Å². The first-order chi connectivity index (χ1) is 12.5. The predicted molar refractivity (Wildman–Crippen MR) is 102 cm³/mol. The van der Waals surface area contributed by atoms with Crippen LogP contribution in [0.5, 0.6) is 0 Å². The number of aromatic nitrogens is 1. The van der Waals surface area contributed by atoms with Gasteiger partial charge < -0.3 is 14.4 Å². The molecule has 1 aromatic heterocycles. The fourth-order valence-corrected chi connectivity index (χ4v) is 3.81.